The largest absolute Gasteiger partial charge is 0.358 e. The minimum absolute atomic E-state index is 0.115. The van der Waals surface area contributed by atoms with Crippen molar-refractivity contribution in [2.75, 3.05) is 13.7 Å². The van der Waals surface area contributed by atoms with Crippen molar-refractivity contribution in [3.8, 4) is 0 Å². The van der Waals surface area contributed by atoms with Gasteiger partial charge in [-0.3, -0.25) is 8.37 Å². The molecule has 6 rings (SSSR count). The molecule has 1 saturated heterocycles. The molecule has 0 aliphatic carbocycles. The summed E-state index contributed by atoms with van der Waals surface area (Å²) in [6, 6.07) is 41.1. The van der Waals surface area contributed by atoms with Crippen LogP contribution in [0.1, 0.15) is 27.8 Å². The first-order valence-corrected chi connectivity index (χ1v) is 18.8. The minimum Gasteiger partial charge on any atom is -0.358 e. The Morgan fingerprint density at radius 2 is 0.940 bits per heavy atom. The molecule has 11 heteroatoms. The molecule has 0 bridgehead atoms. The zero-order chi connectivity index (χ0) is 35.4. The molecule has 50 heavy (non-hydrogen) atoms. The third kappa shape index (κ3) is 7.45. The lowest BCUT2D eigenvalue weighted by molar-refractivity contribution is -0.158. The van der Waals surface area contributed by atoms with Gasteiger partial charge in [0, 0.05) is 7.11 Å². The third-order valence-corrected chi connectivity index (χ3v) is 11.2. The van der Waals surface area contributed by atoms with E-state index >= 15 is 0 Å². The van der Waals surface area contributed by atoms with Crippen molar-refractivity contribution < 1.29 is 39.4 Å². The Morgan fingerprint density at radius 3 is 1.32 bits per heavy atom. The third-order valence-electron chi connectivity index (χ3n) is 8.60. The number of aryl methyl sites for hydroxylation is 2. The van der Waals surface area contributed by atoms with Crippen molar-refractivity contribution in [2.45, 2.75) is 53.8 Å². The van der Waals surface area contributed by atoms with Gasteiger partial charge in [0.25, 0.3) is 20.2 Å². The molecule has 4 atom stereocenters. The molecule has 0 N–H and O–H groups in total. The molecule has 0 saturated carbocycles. The van der Waals surface area contributed by atoms with Crippen LogP contribution < -0.4 is 0 Å². The molecule has 0 amide bonds. The highest BCUT2D eigenvalue weighted by Crippen LogP contribution is 2.42. The molecule has 260 valence electrons. The Bertz CT molecular complexity index is 1980. The first kappa shape index (κ1) is 35.6. The highest BCUT2D eigenvalue weighted by atomic mass is 32.2. The zero-order valence-corrected chi connectivity index (χ0v) is 29.4. The molecular weight excluding hydrogens is 677 g/mol. The smallest absolute Gasteiger partial charge is 0.297 e. The Labute approximate surface area is 293 Å². The summed E-state index contributed by atoms with van der Waals surface area (Å²) in [5, 5.41) is 0. The van der Waals surface area contributed by atoms with Gasteiger partial charge in [0.1, 0.15) is 17.8 Å². The fraction of sp³-hybridized carbons (Fsp3) is 0.231. The van der Waals surface area contributed by atoms with Gasteiger partial charge in [-0.1, -0.05) is 126 Å². The van der Waals surface area contributed by atoms with E-state index in [1.165, 1.54) is 31.4 Å². The Balaban J connectivity index is 1.42. The maximum atomic E-state index is 13.8. The quantitative estimate of drug-likeness (QED) is 0.0992. The van der Waals surface area contributed by atoms with Gasteiger partial charge < -0.3 is 14.2 Å². The van der Waals surface area contributed by atoms with E-state index in [-0.39, 0.29) is 16.4 Å². The standard InChI is InChI=1S/C39H38O9S2/c1-28-19-23-33(24-20-28)49(40,41)47-36-35(46-38(44-3)37(36)48-50(42,43)34-25-21-29(2)22-26-34)27-45-39(30-13-7-4-8-14-30,31-15-9-5-10-16-31)32-17-11-6-12-18-32/h4-26,35-38H,27H2,1-3H3. The maximum Gasteiger partial charge on any atom is 0.297 e. The summed E-state index contributed by atoms with van der Waals surface area (Å²) in [6.07, 6.45) is -5.54. The summed E-state index contributed by atoms with van der Waals surface area (Å²) in [7, 11) is -7.58. The van der Waals surface area contributed by atoms with E-state index in [9.17, 15) is 16.8 Å². The van der Waals surface area contributed by atoms with Crippen molar-refractivity contribution in [3.63, 3.8) is 0 Å². The molecule has 9 nitrogen and oxygen atoms in total. The van der Waals surface area contributed by atoms with Crippen LogP contribution in [0, 0.1) is 13.8 Å². The fourth-order valence-corrected chi connectivity index (χ4v) is 8.20. The maximum absolute atomic E-state index is 13.8. The molecule has 1 aliphatic heterocycles. The molecule has 4 unspecified atom stereocenters. The number of methoxy groups -OCH3 is 1. The molecule has 0 spiro atoms. The first-order valence-electron chi connectivity index (χ1n) is 16.0. The second-order valence-corrected chi connectivity index (χ2v) is 15.2. The van der Waals surface area contributed by atoms with Crippen molar-refractivity contribution in [3.05, 3.63) is 167 Å². The molecule has 1 aliphatic rings. The Kier molecular flexibility index (Phi) is 10.7. The lowest BCUT2D eigenvalue weighted by atomic mass is 9.80. The zero-order valence-electron chi connectivity index (χ0n) is 27.8. The van der Waals surface area contributed by atoms with Gasteiger partial charge in [0.05, 0.1) is 16.4 Å². The minimum atomic E-state index is -4.46. The lowest BCUT2D eigenvalue weighted by Crippen LogP contribution is -2.43. The molecule has 5 aromatic carbocycles. The van der Waals surface area contributed by atoms with Crippen molar-refractivity contribution in [1.82, 2.24) is 0 Å². The molecule has 1 fully saturated rings. The van der Waals surface area contributed by atoms with Crippen LogP contribution >= 0.6 is 0 Å². The van der Waals surface area contributed by atoms with E-state index < -0.39 is 50.4 Å². The van der Waals surface area contributed by atoms with Crippen LogP contribution in [0.2, 0.25) is 0 Å². The van der Waals surface area contributed by atoms with Gasteiger partial charge in [-0.15, -0.1) is 0 Å². The van der Waals surface area contributed by atoms with Gasteiger partial charge in [-0.2, -0.15) is 16.8 Å². The van der Waals surface area contributed by atoms with Crippen molar-refractivity contribution in [1.29, 1.82) is 0 Å². The monoisotopic (exact) mass is 714 g/mol. The van der Waals surface area contributed by atoms with Gasteiger partial charge >= 0.3 is 0 Å². The summed E-state index contributed by atoms with van der Waals surface area (Å²) in [5.74, 6) is 0. The molecule has 1 heterocycles. The van der Waals surface area contributed by atoms with E-state index in [2.05, 4.69) is 0 Å². The summed E-state index contributed by atoms with van der Waals surface area (Å²) in [6.45, 7) is 3.40. The van der Waals surface area contributed by atoms with Gasteiger partial charge in [-0.25, -0.2) is 0 Å². The second-order valence-electron chi connectivity index (χ2n) is 12.0. The number of benzene rings is 5. The summed E-state index contributed by atoms with van der Waals surface area (Å²) in [5.41, 5.74) is 2.92. The molecular formula is C39H38O9S2. The van der Waals surface area contributed by atoms with Gasteiger partial charge in [0.2, 0.25) is 0 Å². The van der Waals surface area contributed by atoms with E-state index in [1.807, 2.05) is 105 Å². The van der Waals surface area contributed by atoms with Crippen molar-refractivity contribution >= 4 is 20.2 Å². The second kappa shape index (κ2) is 15.0. The van der Waals surface area contributed by atoms with Crippen LogP contribution in [-0.4, -0.2) is 55.2 Å². The van der Waals surface area contributed by atoms with E-state index in [0.29, 0.717) is 0 Å². The number of hydrogen-bond donors (Lipinski definition) is 0. The van der Waals surface area contributed by atoms with E-state index in [4.69, 9.17) is 22.6 Å². The predicted molar refractivity (Wildman–Crippen MR) is 187 cm³/mol. The number of ether oxygens (including phenoxy) is 3. The normalized spacial score (nSPS) is 19.7. The molecule has 0 radical (unpaired) electrons. The number of hydrogen-bond acceptors (Lipinski definition) is 9. The lowest BCUT2D eigenvalue weighted by Gasteiger charge is -2.37. The molecule has 5 aromatic rings. The molecule has 0 aromatic heterocycles. The predicted octanol–water partition coefficient (Wildman–Crippen LogP) is 6.53. The topological polar surface area (TPSA) is 114 Å². The van der Waals surface area contributed by atoms with Gasteiger partial charge in [0.15, 0.2) is 12.4 Å². The Morgan fingerprint density at radius 1 is 0.560 bits per heavy atom. The van der Waals surface area contributed by atoms with Crippen LogP contribution in [0.5, 0.6) is 0 Å². The van der Waals surface area contributed by atoms with Crippen LogP contribution in [-0.2, 0) is 48.4 Å². The summed E-state index contributed by atoms with van der Waals surface area (Å²) < 4.78 is 85.0. The SMILES string of the molecule is COC1OC(COC(c2ccccc2)(c2ccccc2)c2ccccc2)C(OS(=O)(=O)c2ccc(C)cc2)C1OS(=O)(=O)c1ccc(C)cc1. The van der Waals surface area contributed by atoms with Crippen LogP contribution in [0.15, 0.2) is 149 Å². The highest BCUT2D eigenvalue weighted by Gasteiger charge is 2.52. The number of rotatable bonds is 13. The summed E-state index contributed by atoms with van der Waals surface area (Å²) in [4.78, 5) is -0.231. The average molecular weight is 715 g/mol. The van der Waals surface area contributed by atoms with Crippen LogP contribution in [0.25, 0.3) is 0 Å². The van der Waals surface area contributed by atoms with Crippen LogP contribution in [0.3, 0.4) is 0 Å². The first-order chi connectivity index (χ1) is 24.0. The van der Waals surface area contributed by atoms with Crippen LogP contribution in [0.4, 0.5) is 0 Å². The Hall–Kier alpha value is -4.20. The van der Waals surface area contributed by atoms with Gasteiger partial charge in [-0.05, 0) is 54.8 Å². The fourth-order valence-electron chi connectivity index (χ4n) is 6.02. The van der Waals surface area contributed by atoms with E-state index in [1.54, 1.807) is 24.3 Å². The van der Waals surface area contributed by atoms with E-state index in [0.717, 1.165) is 27.8 Å². The average Bonchev–Trinajstić information content (AvgIpc) is 3.44. The van der Waals surface area contributed by atoms with Crippen molar-refractivity contribution in [2.24, 2.45) is 0 Å². The highest BCUT2D eigenvalue weighted by molar-refractivity contribution is 7.87. The summed E-state index contributed by atoms with van der Waals surface area (Å²) >= 11 is 0.